The van der Waals surface area contributed by atoms with E-state index in [1.54, 1.807) is 36.7 Å². The van der Waals surface area contributed by atoms with E-state index in [2.05, 4.69) is 11.9 Å². The molecule has 2 aromatic rings. The van der Waals surface area contributed by atoms with Crippen molar-refractivity contribution in [2.45, 2.75) is 31.8 Å². The second-order valence-electron chi connectivity index (χ2n) is 5.95. The van der Waals surface area contributed by atoms with E-state index in [0.29, 0.717) is 17.1 Å². The second-order valence-corrected chi connectivity index (χ2v) is 5.95. The number of aromatic nitrogens is 1. The molecule has 2 heterocycles. The summed E-state index contributed by atoms with van der Waals surface area (Å²) < 4.78 is 5.69. The minimum Gasteiger partial charge on any atom is -0.456 e. The number of rotatable bonds is 3. The van der Waals surface area contributed by atoms with E-state index in [4.69, 9.17) is 10.5 Å². The average Bonchev–Trinajstić information content (AvgIpc) is 2.56. The van der Waals surface area contributed by atoms with Gasteiger partial charge in [-0.2, -0.15) is 0 Å². The molecule has 1 saturated heterocycles. The molecule has 1 fully saturated rings. The first kappa shape index (κ1) is 15.5. The van der Waals surface area contributed by atoms with E-state index in [-0.39, 0.29) is 18.0 Å². The van der Waals surface area contributed by atoms with E-state index in [1.165, 1.54) is 0 Å². The van der Waals surface area contributed by atoms with Gasteiger partial charge in [0.05, 0.1) is 6.20 Å². The lowest BCUT2D eigenvalue weighted by Crippen LogP contribution is -2.48. The zero-order valence-electron chi connectivity index (χ0n) is 13.2. The van der Waals surface area contributed by atoms with Gasteiger partial charge in [-0.1, -0.05) is 0 Å². The van der Waals surface area contributed by atoms with Crippen LogP contribution < -0.4 is 10.5 Å². The molecule has 0 spiro atoms. The number of hydrogen-bond donors (Lipinski definition) is 1. The van der Waals surface area contributed by atoms with Gasteiger partial charge in [-0.05, 0) is 56.2 Å². The SMILES string of the molecule is C[C@H]1C[C@@H](N)CCN1C(=O)c1ccc(Oc2cccnc2)cc1. The van der Waals surface area contributed by atoms with Gasteiger partial charge in [0.1, 0.15) is 11.5 Å². The standard InChI is InChI=1S/C18H21N3O2/c1-13-11-15(19)8-10-21(13)18(22)14-4-6-16(7-5-14)23-17-3-2-9-20-12-17/h2-7,9,12-13,15H,8,10-11,19H2,1H3/t13-,15-/m0/s1. The maximum absolute atomic E-state index is 12.6. The van der Waals surface area contributed by atoms with Gasteiger partial charge in [-0.3, -0.25) is 9.78 Å². The van der Waals surface area contributed by atoms with Gasteiger partial charge in [0.2, 0.25) is 0 Å². The predicted molar refractivity (Wildman–Crippen MR) is 88.5 cm³/mol. The molecule has 1 aliphatic heterocycles. The first-order valence-electron chi connectivity index (χ1n) is 7.88. The van der Waals surface area contributed by atoms with Crippen LogP contribution in [0.4, 0.5) is 0 Å². The van der Waals surface area contributed by atoms with Crippen molar-refractivity contribution in [2.75, 3.05) is 6.54 Å². The summed E-state index contributed by atoms with van der Waals surface area (Å²) in [7, 11) is 0. The fourth-order valence-electron chi connectivity index (χ4n) is 2.89. The molecule has 23 heavy (non-hydrogen) atoms. The van der Waals surface area contributed by atoms with E-state index in [9.17, 15) is 4.79 Å². The maximum atomic E-state index is 12.6. The zero-order chi connectivity index (χ0) is 16.2. The monoisotopic (exact) mass is 311 g/mol. The topological polar surface area (TPSA) is 68.5 Å². The Morgan fingerprint density at radius 3 is 2.70 bits per heavy atom. The van der Waals surface area contributed by atoms with Gasteiger partial charge in [0, 0.05) is 30.4 Å². The quantitative estimate of drug-likeness (QED) is 0.946. The Labute approximate surface area is 136 Å². The third kappa shape index (κ3) is 3.68. The number of nitrogens with zero attached hydrogens (tertiary/aromatic N) is 2. The van der Waals surface area contributed by atoms with Crippen LogP contribution in [-0.2, 0) is 0 Å². The van der Waals surface area contributed by atoms with Crippen molar-refractivity contribution in [1.82, 2.24) is 9.88 Å². The van der Waals surface area contributed by atoms with Gasteiger partial charge in [0.15, 0.2) is 0 Å². The Morgan fingerprint density at radius 1 is 1.26 bits per heavy atom. The van der Waals surface area contributed by atoms with Crippen LogP contribution >= 0.6 is 0 Å². The van der Waals surface area contributed by atoms with Crippen molar-refractivity contribution in [3.63, 3.8) is 0 Å². The third-order valence-electron chi connectivity index (χ3n) is 4.15. The van der Waals surface area contributed by atoms with Crippen molar-refractivity contribution < 1.29 is 9.53 Å². The number of carbonyl (C=O) groups excluding carboxylic acids is 1. The van der Waals surface area contributed by atoms with Crippen molar-refractivity contribution in [1.29, 1.82) is 0 Å². The van der Waals surface area contributed by atoms with E-state index >= 15 is 0 Å². The molecule has 5 heteroatoms. The fraction of sp³-hybridized carbons (Fsp3) is 0.333. The van der Waals surface area contributed by atoms with Crippen LogP contribution in [0.3, 0.4) is 0 Å². The van der Waals surface area contributed by atoms with E-state index in [0.717, 1.165) is 19.4 Å². The van der Waals surface area contributed by atoms with Crippen LogP contribution in [0, 0.1) is 0 Å². The molecule has 2 atom stereocenters. The minimum atomic E-state index is 0.0531. The van der Waals surface area contributed by atoms with Crippen molar-refractivity contribution in [3.05, 3.63) is 54.4 Å². The highest BCUT2D eigenvalue weighted by Crippen LogP contribution is 2.23. The molecule has 120 valence electrons. The average molecular weight is 311 g/mol. The summed E-state index contributed by atoms with van der Waals surface area (Å²) in [5.41, 5.74) is 6.63. The molecule has 0 bridgehead atoms. The zero-order valence-corrected chi connectivity index (χ0v) is 13.2. The Balaban J connectivity index is 1.68. The van der Waals surface area contributed by atoms with E-state index in [1.807, 2.05) is 17.0 Å². The van der Waals surface area contributed by atoms with Gasteiger partial charge < -0.3 is 15.4 Å². The summed E-state index contributed by atoms with van der Waals surface area (Å²) in [6.45, 7) is 2.77. The lowest BCUT2D eigenvalue weighted by atomic mass is 9.98. The summed E-state index contributed by atoms with van der Waals surface area (Å²) in [6.07, 6.45) is 5.06. The molecule has 3 rings (SSSR count). The molecule has 1 aromatic heterocycles. The Kier molecular flexibility index (Phi) is 4.57. The number of amides is 1. The molecule has 1 amide bonds. The third-order valence-corrected chi connectivity index (χ3v) is 4.15. The van der Waals surface area contributed by atoms with Crippen LogP contribution in [0.5, 0.6) is 11.5 Å². The summed E-state index contributed by atoms with van der Waals surface area (Å²) in [5, 5.41) is 0. The summed E-state index contributed by atoms with van der Waals surface area (Å²) in [5.74, 6) is 1.41. The van der Waals surface area contributed by atoms with Crippen molar-refractivity contribution >= 4 is 5.91 Å². The molecule has 5 nitrogen and oxygen atoms in total. The summed E-state index contributed by atoms with van der Waals surface area (Å²) >= 11 is 0. The minimum absolute atomic E-state index is 0.0531. The number of pyridine rings is 1. The first-order chi connectivity index (χ1) is 11.1. The normalized spacial score (nSPS) is 21.0. The number of benzene rings is 1. The molecule has 0 saturated carbocycles. The number of piperidine rings is 1. The molecular weight excluding hydrogens is 290 g/mol. The lowest BCUT2D eigenvalue weighted by molar-refractivity contribution is 0.0619. The first-order valence-corrected chi connectivity index (χ1v) is 7.88. The molecule has 0 unspecified atom stereocenters. The highest BCUT2D eigenvalue weighted by molar-refractivity contribution is 5.94. The molecule has 0 aliphatic carbocycles. The Hall–Kier alpha value is -2.40. The number of nitrogens with two attached hydrogens (primary N) is 1. The Bertz CT molecular complexity index is 658. The van der Waals surface area contributed by atoms with Crippen LogP contribution in [0.2, 0.25) is 0 Å². The van der Waals surface area contributed by atoms with Gasteiger partial charge in [-0.15, -0.1) is 0 Å². The van der Waals surface area contributed by atoms with Crippen LogP contribution in [-0.4, -0.2) is 34.4 Å². The molecule has 1 aliphatic rings. The van der Waals surface area contributed by atoms with Gasteiger partial charge in [-0.25, -0.2) is 0 Å². The predicted octanol–water partition coefficient (Wildman–Crippen LogP) is 2.83. The molecular formula is C18H21N3O2. The van der Waals surface area contributed by atoms with Crippen molar-refractivity contribution in [3.8, 4) is 11.5 Å². The molecule has 0 radical (unpaired) electrons. The highest BCUT2D eigenvalue weighted by Gasteiger charge is 2.27. The van der Waals surface area contributed by atoms with Crippen LogP contribution in [0.25, 0.3) is 0 Å². The number of carbonyl (C=O) groups is 1. The number of likely N-dealkylation sites (tertiary alicyclic amines) is 1. The largest absolute Gasteiger partial charge is 0.456 e. The van der Waals surface area contributed by atoms with Crippen LogP contribution in [0.15, 0.2) is 48.8 Å². The second kappa shape index (κ2) is 6.79. The number of hydrogen-bond acceptors (Lipinski definition) is 4. The molecule has 1 aromatic carbocycles. The summed E-state index contributed by atoms with van der Waals surface area (Å²) in [6, 6.07) is 11.2. The molecule has 2 N–H and O–H groups in total. The number of ether oxygens (including phenoxy) is 1. The lowest BCUT2D eigenvalue weighted by Gasteiger charge is -2.36. The highest BCUT2D eigenvalue weighted by atomic mass is 16.5. The summed E-state index contributed by atoms with van der Waals surface area (Å²) in [4.78, 5) is 18.5. The fourth-order valence-corrected chi connectivity index (χ4v) is 2.89. The van der Waals surface area contributed by atoms with Crippen LogP contribution in [0.1, 0.15) is 30.1 Å². The van der Waals surface area contributed by atoms with Crippen molar-refractivity contribution in [2.24, 2.45) is 5.73 Å². The Morgan fingerprint density at radius 2 is 2.04 bits per heavy atom. The maximum Gasteiger partial charge on any atom is 0.254 e. The van der Waals surface area contributed by atoms with Gasteiger partial charge >= 0.3 is 0 Å². The van der Waals surface area contributed by atoms with E-state index < -0.39 is 0 Å². The smallest absolute Gasteiger partial charge is 0.254 e. The van der Waals surface area contributed by atoms with Gasteiger partial charge in [0.25, 0.3) is 5.91 Å².